The lowest BCUT2D eigenvalue weighted by molar-refractivity contribution is -0.138. The molecule has 0 aromatic heterocycles. The van der Waals surface area contributed by atoms with Gasteiger partial charge in [0.2, 0.25) is 11.8 Å². The summed E-state index contributed by atoms with van der Waals surface area (Å²) in [5, 5.41) is 0. The summed E-state index contributed by atoms with van der Waals surface area (Å²) in [5.41, 5.74) is 5.85. The smallest absolute Gasteiger partial charge is 0.229 e. The molecule has 2 rings (SSSR count). The van der Waals surface area contributed by atoms with Gasteiger partial charge in [0.15, 0.2) is 0 Å². The molecular weight excluding hydrogens is 242 g/mol. The second kappa shape index (κ2) is 6.48. The van der Waals surface area contributed by atoms with Gasteiger partial charge in [-0.3, -0.25) is 14.5 Å². The predicted molar refractivity (Wildman–Crippen MR) is 73.4 cm³/mol. The van der Waals surface area contributed by atoms with Gasteiger partial charge < -0.3 is 10.6 Å². The number of likely N-dealkylation sites (tertiary alicyclic amines) is 1. The third-order valence-corrected chi connectivity index (χ3v) is 4.57. The molecule has 1 aliphatic carbocycles. The first-order valence-electron chi connectivity index (χ1n) is 7.37. The van der Waals surface area contributed by atoms with Gasteiger partial charge in [0.05, 0.1) is 0 Å². The summed E-state index contributed by atoms with van der Waals surface area (Å²) in [7, 11) is 2.09. The van der Waals surface area contributed by atoms with E-state index in [1.54, 1.807) is 0 Å². The van der Waals surface area contributed by atoms with Crippen molar-refractivity contribution in [3.05, 3.63) is 0 Å². The molecule has 5 heteroatoms. The van der Waals surface area contributed by atoms with E-state index >= 15 is 0 Å². The van der Waals surface area contributed by atoms with Crippen molar-refractivity contribution in [1.29, 1.82) is 0 Å². The average Bonchev–Trinajstić information content (AvgIpc) is 2.75. The van der Waals surface area contributed by atoms with Crippen LogP contribution in [0.1, 0.15) is 38.5 Å². The van der Waals surface area contributed by atoms with Gasteiger partial charge in [-0.2, -0.15) is 0 Å². The van der Waals surface area contributed by atoms with Gasteiger partial charge in [-0.25, -0.2) is 0 Å². The topological polar surface area (TPSA) is 66.6 Å². The average molecular weight is 267 g/mol. The highest BCUT2D eigenvalue weighted by atomic mass is 16.2. The zero-order chi connectivity index (χ0) is 13.8. The molecule has 2 unspecified atom stereocenters. The van der Waals surface area contributed by atoms with E-state index in [0.717, 1.165) is 13.1 Å². The molecule has 1 heterocycles. The Kier molecular flexibility index (Phi) is 4.93. The highest BCUT2D eigenvalue weighted by Gasteiger charge is 2.31. The van der Waals surface area contributed by atoms with Gasteiger partial charge in [-0.1, -0.05) is 12.8 Å². The lowest BCUT2D eigenvalue weighted by Gasteiger charge is -2.38. The lowest BCUT2D eigenvalue weighted by atomic mass is 9.84. The van der Waals surface area contributed by atoms with E-state index in [4.69, 9.17) is 5.73 Å². The molecule has 0 aromatic carbocycles. The fourth-order valence-corrected chi connectivity index (χ4v) is 3.34. The minimum absolute atomic E-state index is 0.0163. The largest absolute Gasteiger partial charge is 0.330 e. The van der Waals surface area contributed by atoms with Crippen LogP contribution in [0.25, 0.3) is 0 Å². The van der Waals surface area contributed by atoms with Crippen molar-refractivity contribution >= 4 is 11.8 Å². The Morgan fingerprint density at radius 1 is 1.21 bits per heavy atom. The van der Waals surface area contributed by atoms with Crippen molar-refractivity contribution in [2.24, 2.45) is 11.7 Å². The molecule has 0 spiro atoms. The summed E-state index contributed by atoms with van der Waals surface area (Å²) in [6.45, 7) is 2.02. The van der Waals surface area contributed by atoms with Crippen molar-refractivity contribution < 1.29 is 9.59 Å². The van der Waals surface area contributed by atoms with Crippen LogP contribution >= 0.6 is 0 Å². The van der Waals surface area contributed by atoms with E-state index in [1.807, 2.05) is 0 Å². The first-order valence-corrected chi connectivity index (χ1v) is 7.37. The molecule has 1 saturated carbocycles. The number of imide groups is 1. The fraction of sp³-hybridized carbons (Fsp3) is 0.857. The molecule has 5 nitrogen and oxygen atoms in total. The predicted octanol–water partition coefficient (Wildman–Crippen LogP) is 0.585. The van der Waals surface area contributed by atoms with Crippen LogP contribution in [0.15, 0.2) is 0 Å². The number of carbonyl (C=O) groups is 2. The second-order valence-electron chi connectivity index (χ2n) is 5.77. The van der Waals surface area contributed by atoms with E-state index in [1.165, 1.54) is 30.6 Å². The number of nitrogens with two attached hydrogens (primary N) is 1. The Bertz CT molecular complexity index is 330. The number of hydrogen-bond acceptors (Lipinski definition) is 4. The van der Waals surface area contributed by atoms with Crippen molar-refractivity contribution in [3.63, 3.8) is 0 Å². The van der Waals surface area contributed by atoms with Gasteiger partial charge in [-0.05, 0) is 32.4 Å². The molecule has 108 valence electrons. The van der Waals surface area contributed by atoms with E-state index in [2.05, 4.69) is 11.9 Å². The maximum absolute atomic E-state index is 11.6. The molecule has 2 atom stereocenters. The van der Waals surface area contributed by atoms with Crippen LogP contribution in [0.2, 0.25) is 0 Å². The lowest BCUT2D eigenvalue weighted by Crippen LogP contribution is -2.46. The molecule has 0 radical (unpaired) electrons. The van der Waals surface area contributed by atoms with Crippen LogP contribution < -0.4 is 5.73 Å². The number of nitrogens with zero attached hydrogens (tertiary/aromatic N) is 2. The molecule has 1 aliphatic heterocycles. The minimum Gasteiger partial charge on any atom is -0.330 e. The summed E-state index contributed by atoms with van der Waals surface area (Å²) in [6.07, 6.45) is 5.69. The monoisotopic (exact) mass is 267 g/mol. The van der Waals surface area contributed by atoms with Crippen molar-refractivity contribution in [2.75, 3.05) is 26.7 Å². The highest BCUT2D eigenvalue weighted by Crippen LogP contribution is 2.27. The Balaban J connectivity index is 1.84. The molecule has 0 bridgehead atoms. The molecule has 2 N–H and O–H groups in total. The van der Waals surface area contributed by atoms with Gasteiger partial charge in [0.1, 0.15) is 0 Å². The van der Waals surface area contributed by atoms with E-state index in [-0.39, 0.29) is 11.8 Å². The van der Waals surface area contributed by atoms with Crippen LogP contribution in [-0.2, 0) is 9.59 Å². The third-order valence-electron chi connectivity index (χ3n) is 4.57. The van der Waals surface area contributed by atoms with Gasteiger partial charge in [-0.15, -0.1) is 0 Å². The summed E-state index contributed by atoms with van der Waals surface area (Å²) >= 11 is 0. The number of amides is 2. The van der Waals surface area contributed by atoms with Gasteiger partial charge >= 0.3 is 0 Å². The minimum atomic E-state index is -0.0163. The van der Waals surface area contributed by atoms with E-state index < -0.39 is 0 Å². The highest BCUT2D eigenvalue weighted by molar-refractivity contribution is 6.01. The molecule has 1 saturated heterocycles. The van der Waals surface area contributed by atoms with Crippen molar-refractivity contribution in [1.82, 2.24) is 9.80 Å². The number of hydrogen-bond donors (Lipinski definition) is 1. The Hall–Kier alpha value is -0.940. The van der Waals surface area contributed by atoms with E-state index in [0.29, 0.717) is 31.3 Å². The van der Waals surface area contributed by atoms with Gasteiger partial charge in [0.25, 0.3) is 0 Å². The Morgan fingerprint density at radius 3 is 2.47 bits per heavy atom. The first kappa shape index (κ1) is 14.5. The number of rotatable bonds is 5. The zero-order valence-corrected chi connectivity index (χ0v) is 11.8. The maximum atomic E-state index is 11.6. The summed E-state index contributed by atoms with van der Waals surface area (Å²) in [4.78, 5) is 26.8. The zero-order valence-electron chi connectivity index (χ0n) is 11.8. The molecule has 0 aromatic rings. The van der Waals surface area contributed by atoms with Crippen LogP contribution in [0.3, 0.4) is 0 Å². The Morgan fingerprint density at radius 2 is 1.84 bits per heavy atom. The van der Waals surface area contributed by atoms with Crippen molar-refractivity contribution in [2.45, 2.75) is 44.6 Å². The normalized spacial score (nSPS) is 28.5. The van der Waals surface area contributed by atoms with E-state index in [9.17, 15) is 9.59 Å². The number of carbonyl (C=O) groups excluding carboxylic acids is 2. The quantitative estimate of drug-likeness (QED) is 0.740. The maximum Gasteiger partial charge on any atom is 0.229 e. The molecule has 2 aliphatic rings. The fourth-order valence-electron chi connectivity index (χ4n) is 3.34. The van der Waals surface area contributed by atoms with Crippen LogP contribution in [0, 0.1) is 5.92 Å². The van der Waals surface area contributed by atoms with Crippen LogP contribution in [0.5, 0.6) is 0 Å². The van der Waals surface area contributed by atoms with Crippen molar-refractivity contribution in [3.8, 4) is 0 Å². The molecule has 19 heavy (non-hydrogen) atoms. The summed E-state index contributed by atoms with van der Waals surface area (Å²) in [5.74, 6) is 0.526. The standard InChI is InChI=1S/C14H25N3O2/c1-16(12-5-3-2-4-11(12)10-15)8-9-17-13(18)6-7-14(17)19/h11-12H,2-10,15H2,1H3. The summed E-state index contributed by atoms with van der Waals surface area (Å²) < 4.78 is 0. The molecular formula is C14H25N3O2. The number of likely N-dealkylation sites (N-methyl/N-ethyl adjacent to an activating group) is 1. The first-order chi connectivity index (χ1) is 9.13. The van der Waals surface area contributed by atoms with Gasteiger partial charge in [0, 0.05) is 32.0 Å². The van der Waals surface area contributed by atoms with Crippen LogP contribution in [-0.4, -0.2) is 54.3 Å². The Labute approximate surface area is 115 Å². The summed E-state index contributed by atoms with van der Waals surface area (Å²) in [6, 6.07) is 0.506. The second-order valence-corrected chi connectivity index (χ2v) is 5.77. The third kappa shape index (κ3) is 3.34. The SMILES string of the molecule is CN(CCN1C(=O)CCC1=O)C1CCCCC1CN. The molecule has 2 amide bonds. The molecule has 2 fully saturated rings. The van der Waals surface area contributed by atoms with Crippen LogP contribution in [0.4, 0.5) is 0 Å².